The molecule has 0 spiro atoms. The Morgan fingerprint density at radius 1 is 1.29 bits per heavy atom. The largest absolute Gasteiger partial charge is 0.353 e. The number of halogens is 3. The molecule has 2 heterocycles. The van der Waals surface area contributed by atoms with Crippen molar-refractivity contribution in [2.75, 3.05) is 18.4 Å². The minimum absolute atomic E-state index is 0.137. The first-order valence-corrected chi connectivity index (χ1v) is 8.89. The number of hydrogen-bond donors (Lipinski definition) is 1. The second-order valence-corrected chi connectivity index (χ2v) is 7.22. The van der Waals surface area contributed by atoms with E-state index in [-0.39, 0.29) is 11.9 Å². The number of rotatable bonds is 4. The zero-order valence-corrected chi connectivity index (χ0v) is 15.5. The summed E-state index contributed by atoms with van der Waals surface area (Å²) in [6, 6.07) is 7.51. The molecular weight excluding hydrogens is 369 g/mol. The van der Waals surface area contributed by atoms with E-state index in [9.17, 15) is 4.79 Å². The number of hydrogen-bond acceptors (Lipinski definition) is 2. The molecule has 128 valence electrons. The summed E-state index contributed by atoms with van der Waals surface area (Å²) in [6.45, 7) is 1.19. The van der Waals surface area contributed by atoms with Crippen molar-refractivity contribution in [3.63, 3.8) is 0 Å². The molecule has 1 aromatic heterocycles. The van der Waals surface area contributed by atoms with E-state index < -0.39 is 0 Å². The maximum Gasteiger partial charge on any atom is 0.238 e. The van der Waals surface area contributed by atoms with Crippen LogP contribution in [0.25, 0.3) is 0 Å². The number of aromatic nitrogens is 1. The molecule has 2 aromatic rings. The second kappa shape index (κ2) is 7.36. The topological polar surface area (TPSA) is 37.3 Å². The predicted molar refractivity (Wildman–Crippen MR) is 99.1 cm³/mol. The van der Waals surface area contributed by atoms with Gasteiger partial charge in [0.2, 0.25) is 5.91 Å². The van der Waals surface area contributed by atoms with Crippen LogP contribution in [0.1, 0.15) is 24.6 Å². The van der Waals surface area contributed by atoms with Gasteiger partial charge in [0, 0.05) is 24.0 Å². The van der Waals surface area contributed by atoms with Gasteiger partial charge in [-0.15, -0.1) is 0 Å². The Balaban J connectivity index is 1.70. The number of nitrogens with one attached hydrogen (secondary N) is 1. The van der Waals surface area contributed by atoms with Gasteiger partial charge in [-0.1, -0.05) is 34.8 Å². The van der Waals surface area contributed by atoms with Gasteiger partial charge in [-0.25, -0.2) is 0 Å². The quantitative estimate of drug-likeness (QED) is 0.822. The fourth-order valence-electron chi connectivity index (χ4n) is 3.20. The summed E-state index contributed by atoms with van der Waals surface area (Å²) in [5.41, 5.74) is 1.63. The minimum atomic E-state index is -0.137. The number of nitrogens with zero attached hydrogens (tertiary/aromatic N) is 2. The Bertz CT molecular complexity index is 736. The summed E-state index contributed by atoms with van der Waals surface area (Å²) in [5.74, 6) is -0.137. The van der Waals surface area contributed by atoms with Crippen molar-refractivity contribution in [3.8, 4) is 0 Å². The Kier molecular flexibility index (Phi) is 5.40. The van der Waals surface area contributed by atoms with Crippen molar-refractivity contribution in [1.29, 1.82) is 0 Å². The van der Waals surface area contributed by atoms with Crippen molar-refractivity contribution in [2.45, 2.75) is 18.9 Å². The van der Waals surface area contributed by atoms with E-state index in [2.05, 4.69) is 20.9 Å². The van der Waals surface area contributed by atoms with Crippen molar-refractivity contribution in [2.24, 2.45) is 7.05 Å². The van der Waals surface area contributed by atoms with Gasteiger partial charge < -0.3 is 9.88 Å². The van der Waals surface area contributed by atoms with Gasteiger partial charge in [0.15, 0.2) is 0 Å². The fourth-order valence-corrected chi connectivity index (χ4v) is 4.11. The first kappa shape index (κ1) is 17.6. The van der Waals surface area contributed by atoms with Gasteiger partial charge in [-0.05, 0) is 43.7 Å². The van der Waals surface area contributed by atoms with E-state index in [0.29, 0.717) is 27.3 Å². The molecule has 0 radical (unpaired) electrons. The van der Waals surface area contributed by atoms with E-state index >= 15 is 0 Å². The number of anilines is 1. The Hall–Kier alpha value is -1.20. The summed E-state index contributed by atoms with van der Waals surface area (Å²) >= 11 is 18.1. The fraction of sp³-hybridized carbons (Fsp3) is 0.353. The molecule has 0 saturated carbocycles. The molecule has 1 atom stereocenters. The predicted octanol–water partition coefficient (Wildman–Crippen LogP) is 4.76. The monoisotopic (exact) mass is 385 g/mol. The second-order valence-electron chi connectivity index (χ2n) is 5.97. The molecule has 3 rings (SSSR count). The minimum Gasteiger partial charge on any atom is -0.353 e. The lowest BCUT2D eigenvalue weighted by Crippen LogP contribution is -2.33. The molecule has 4 nitrogen and oxygen atoms in total. The van der Waals surface area contributed by atoms with Crippen LogP contribution in [0.2, 0.25) is 15.1 Å². The lowest BCUT2D eigenvalue weighted by Gasteiger charge is -2.24. The van der Waals surface area contributed by atoms with Crippen LogP contribution < -0.4 is 5.32 Å². The summed E-state index contributed by atoms with van der Waals surface area (Å²) in [4.78, 5) is 14.6. The van der Waals surface area contributed by atoms with E-state index in [1.807, 2.05) is 19.3 Å². The van der Waals surface area contributed by atoms with Crippen LogP contribution in [0.15, 0.2) is 30.5 Å². The number of likely N-dealkylation sites (tertiary alicyclic amines) is 1. The number of aryl methyl sites for hydroxylation is 1. The third kappa shape index (κ3) is 3.72. The van der Waals surface area contributed by atoms with Gasteiger partial charge in [0.05, 0.1) is 28.3 Å². The zero-order chi connectivity index (χ0) is 17.3. The van der Waals surface area contributed by atoms with Gasteiger partial charge in [0.1, 0.15) is 0 Å². The van der Waals surface area contributed by atoms with E-state index in [1.165, 1.54) is 5.69 Å². The lowest BCUT2D eigenvalue weighted by atomic mass is 10.1. The highest BCUT2D eigenvalue weighted by Crippen LogP contribution is 2.34. The number of benzene rings is 1. The maximum absolute atomic E-state index is 12.4. The molecule has 1 saturated heterocycles. The van der Waals surface area contributed by atoms with Crippen molar-refractivity contribution >= 4 is 46.4 Å². The van der Waals surface area contributed by atoms with Crippen molar-refractivity contribution in [1.82, 2.24) is 9.47 Å². The molecule has 1 aliphatic heterocycles. The third-order valence-electron chi connectivity index (χ3n) is 4.31. The van der Waals surface area contributed by atoms with Crippen LogP contribution >= 0.6 is 34.8 Å². The van der Waals surface area contributed by atoms with Crippen LogP contribution in [0.4, 0.5) is 5.69 Å². The van der Waals surface area contributed by atoms with Crippen LogP contribution in [0.5, 0.6) is 0 Å². The molecule has 1 N–H and O–H groups in total. The average molecular weight is 387 g/mol. The molecular formula is C17H18Cl3N3O. The smallest absolute Gasteiger partial charge is 0.238 e. The van der Waals surface area contributed by atoms with Gasteiger partial charge in [-0.3, -0.25) is 9.69 Å². The Morgan fingerprint density at radius 3 is 2.62 bits per heavy atom. The first-order valence-electron chi connectivity index (χ1n) is 7.75. The van der Waals surface area contributed by atoms with Crippen molar-refractivity contribution in [3.05, 3.63) is 51.2 Å². The third-order valence-corrected chi connectivity index (χ3v) is 5.12. The normalized spacial score (nSPS) is 18.1. The summed E-state index contributed by atoms with van der Waals surface area (Å²) in [6.07, 6.45) is 4.15. The van der Waals surface area contributed by atoms with Crippen molar-refractivity contribution < 1.29 is 4.79 Å². The Labute approximate surface area is 156 Å². The molecule has 24 heavy (non-hydrogen) atoms. The van der Waals surface area contributed by atoms with Crippen LogP contribution in [-0.4, -0.2) is 28.5 Å². The van der Waals surface area contributed by atoms with Gasteiger partial charge in [0.25, 0.3) is 0 Å². The van der Waals surface area contributed by atoms with E-state index in [1.54, 1.807) is 12.1 Å². The summed E-state index contributed by atoms with van der Waals surface area (Å²) in [5, 5.41) is 3.91. The molecule has 1 aromatic carbocycles. The Morgan fingerprint density at radius 2 is 2.00 bits per heavy atom. The molecule has 1 amide bonds. The van der Waals surface area contributed by atoms with Gasteiger partial charge >= 0.3 is 0 Å². The van der Waals surface area contributed by atoms with Crippen LogP contribution in [-0.2, 0) is 11.8 Å². The summed E-state index contributed by atoms with van der Waals surface area (Å²) < 4.78 is 2.10. The molecule has 0 aliphatic carbocycles. The average Bonchev–Trinajstić information content (AvgIpc) is 3.11. The standard InChI is InChI=1S/C17H18Cl3N3O/c1-22-6-2-4-14(22)15-5-3-7-23(15)10-16(24)21-17-12(19)8-11(18)9-13(17)20/h2,4,6,8-9,15H,3,5,7,10H2,1H3,(H,21,24)/t15-/m1/s1. The van der Waals surface area contributed by atoms with E-state index in [0.717, 1.165) is 19.4 Å². The van der Waals surface area contributed by atoms with E-state index in [4.69, 9.17) is 34.8 Å². The van der Waals surface area contributed by atoms with Crippen LogP contribution in [0, 0.1) is 0 Å². The molecule has 7 heteroatoms. The molecule has 1 aliphatic rings. The number of amides is 1. The number of carbonyl (C=O) groups is 1. The van der Waals surface area contributed by atoms with Crippen LogP contribution in [0.3, 0.4) is 0 Å². The first-order chi connectivity index (χ1) is 11.5. The molecule has 0 bridgehead atoms. The SMILES string of the molecule is Cn1cccc1[C@H]1CCCN1CC(=O)Nc1c(Cl)cc(Cl)cc1Cl. The highest BCUT2D eigenvalue weighted by Gasteiger charge is 2.29. The molecule has 1 fully saturated rings. The summed E-state index contributed by atoms with van der Waals surface area (Å²) in [7, 11) is 2.03. The highest BCUT2D eigenvalue weighted by molar-refractivity contribution is 6.42. The number of carbonyl (C=O) groups excluding carboxylic acids is 1. The maximum atomic E-state index is 12.4. The molecule has 0 unspecified atom stereocenters. The highest BCUT2D eigenvalue weighted by atomic mass is 35.5. The lowest BCUT2D eigenvalue weighted by molar-refractivity contribution is -0.117. The zero-order valence-electron chi connectivity index (χ0n) is 13.2. The van der Waals surface area contributed by atoms with Gasteiger partial charge in [-0.2, -0.15) is 0 Å².